The van der Waals surface area contributed by atoms with Gasteiger partial charge >= 0.3 is 0 Å². The molecular weight excluding hydrogens is 271 g/mol. The lowest BCUT2D eigenvalue weighted by Crippen LogP contribution is -2.05. The van der Waals surface area contributed by atoms with Crippen molar-refractivity contribution in [3.63, 3.8) is 0 Å². The van der Waals surface area contributed by atoms with Crippen molar-refractivity contribution in [3.8, 4) is 0 Å². The number of nitro groups is 1. The first-order valence-corrected chi connectivity index (χ1v) is 6.63. The molecule has 0 saturated carbocycles. The van der Waals surface area contributed by atoms with Crippen LogP contribution in [0.4, 0.5) is 15.8 Å². The van der Waals surface area contributed by atoms with Crippen molar-refractivity contribution in [2.75, 3.05) is 5.32 Å². The fourth-order valence-corrected chi connectivity index (χ4v) is 2.36. The number of nitrogens with zero attached hydrogens (tertiary/aromatic N) is 1. The molecule has 0 amide bonds. The van der Waals surface area contributed by atoms with E-state index in [1.165, 1.54) is 6.07 Å². The van der Waals surface area contributed by atoms with Gasteiger partial charge in [-0.25, -0.2) is 4.39 Å². The van der Waals surface area contributed by atoms with Crippen LogP contribution in [0.3, 0.4) is 0 Å². The van der Waals surface area contributed by atoms with E-state index in [0.29, 0.717) is 23.4 Å². The van der Waals surface area contributed by atoms with Crippen LogP contribution in [0.2, 0.25) is 0 Å². The number of hydrogen-bond donors (Lipinski definition) is 1. The largest absolute Gasteiger partial charge is 0.375 e. The predicted molar refractivity (Wildman–Crippen MR) is 81.0 cm³/mol. The zero-order chi connectivity index (χ0) is 15.6. The first-order valence-electron chi connectivity index (χ1n) is 6.63. The topological polar surface area (TPSA) is 55.2 Å². The molecule has 0 aliphatic heterocycles. The van der Waals surface area contributed by atoms with E-state index in [1.54, 1.807) is 32.0 Å². The maximum absolute atomic E-state index is 13.6. The van der Waals surface area contributed by atoms with Crippen LogP contribution in [0.1, 0.15) is 22.3 Å². The molecule has 0 saturated heterocycles. The molecule has 5 heteroatoms. The second kappa shape index (κ2) is 5.91. The number of nitro benzene ring substituents is 1. The third-order valence-electron chi connectivity index (χ3n) is 3.41. The van der Waals surface area contributed by atoms with E-state index in [-0.39, 0.29) is 11.5 Å². The van der Waals surface area contributed by atoms with Crippen LogP contribution in [0.5, 0.6) is 0 Å². The van der Waals surface area contributed by atoms with Crippen molar-refractivity contribution < 1.29 is 9.31 Å². The maximum atomic E-state index is 13.6. The Bertz CT molecular complexity index is 676. The third kappa shape index (κ3) is 3.18. The second-order valence-electron chi connectivity index (χ2n) is 5.12. The average Bonchev–Trinajstić information content (AvgIpc) is 2.42. The van der Waals surface area contributed by atoms with Gasteiger partial charge in [0.1, 0.15) is 11.5 Å². The third-order valence-corrected chi connectivity index (χ3v) is 3.41. The molecule has 0 bridgehead atoms. The summed E-state index contributed by atoms with van der Waals surface area (Å²) in [5.74, 6) is -0.208. The Morgan fingerprint density at radius 2 is 1.76 bits per heavy atom. The number of halogens is 1. The lowest BCUT2D eigenvalue weighted by Gasteiger charge is -2.11. The molecule has 0 atom stereocenters. The van der Waals surface area contributed by atoms with E-state index in [9.17, 15) is 14.5 Å². The summed E-state index contributed by atoms with van der Waals surface area (Å²) in [6, 6.07) is 8.44. The second-order valence-corrected chi connectivity index (χ2v) is 5.12. The van der Waals surface area contributed by atoms with Crippen molar-refractivity contribution in [2.24, 2.45) is 0 Å². The van der Waals surface area contributed by atoms with Crippen LogP contribution in [-0.2, 0) is 6.54 Å². The van der Waals surface area contributed by atoms with Crippen LogP contribution in [0, 0.1) is 36.7 Å². The molecule has 0 radical (unpaired) electrons. The summed E-state index contributed by atoms with van der Waals surface area (Å²) in [4.78, 5) is 10.6. The van der Waals surface area contributed by atoms with Crippen molar-refractivity contribution in [2.45, 2.75) is 27.3 Å². The van der Waals surface area contributed by atoms with E-state index in [1.807, 2.05) is 13.0 Å². The zero-order valence-corrected chi connectivity index (χ0v) is 12.2. The van der Waals surface area contributed by atoms with Gasteiger partial charge in [0.2, 0.25) is 0 Å². The van der Waals surface area contributed by atoms with Crippen molar-refractivity contribution in [3.05, 3.63) is 68.5 Å². The number of aryl methyl sites for hydroxylation is 3. The van der Waals surface area contributed by atoms with E-state index < -0.39 is 4.92 Å². The van der Waals surface area contributed by atoms with Gasteiger partial charge in [-0.05, 0) is 43.0 Å². The summed E-state index contributed by atoms with van der Waals surface area (Å²) in [6.45, 7) is 5.65. The van der Waals surface area contributed by atoms with Gasteiger partial charge in [-0.2, -0.15) is 0 Å². The number of hydrogen-bond acceptors (Lipinski definition) is 3. The molecule has 2 rings (SSSR count). The van der Waals surface area contributed by atoms with Crippen LogP contribution in [0.25, 0.3) is 0 Å². The molecular formula is C16H17FN2O2. The molecule has 0 spiro atoms. The molecule has 1 N–H and O–H groups in total. The highest BCUT2D eigenvalue weighted by molar-refractivity contribution is 5.66. The molecule has 0 heterocycles. The van der Waals surface area contributed by atoms with E-state index >= 15 is 0 Å². The normalized spacial score (nSPS) is 10.5. The van der Waals surface area contributed by atoms with Crippen LogP contribution in [0.15, 0.2) is 30.3 Å². The standard InChI is InChI=1S/C16H17FN2O2/c1-10-5-4-6-14(19(20)21)16(10)18-9-13-7-11(2)15(17)12(3)8-13/h4-8,18H,9H2,1-3H3. The van der Waals surface area contributed by atoms with E-state index in [0.717, 1.165) is 11.1 Å². The van der Waals surface area contributed by atoms with Crippen LogP contribution >= 0.6 is 0 Å². The quantitative estimate of drug-likeness (QED) is 0.675. The lowest BCUT2D eigenvalue weighted by molar-refractivity contribution is -0.384. The molecule has 21 heavy (non-hydrogen) atoms. The predicted octanol–water partition coefficient (Wildman–Crippen LogP) is 4.27. The van der Waals surface area contributed by atoms with Crippen LogP contribution in [-0.4, -0.2) is 4.92 Å². The first kappa shape index (κ1) is 15.0. The Kier molecular flexibility index (Phi) is 4.21. The molecule has 2 aromatic carbocycles. The minimum Gasteiger partial charge on any atom is -0.375 e. The summed E-state index contributed by atoms with van der Waals surface area (Å²) < 4.78 is 13.6. The summed E-state index contributed by atoms with van der Waals surface area (Å²) in [5.41, 5.74) is 3.40. The van der Waals surface area contributed by atoms with Gasteiger partial charge in [0, 0.05) is 12.6 Å². The van der Waals surface area contributed by atoms with Crippen molar-refractivity contribution in [1.82, 2.24) is 0 Å². The Morgan fingerprint density at radius 1 is 1.14 bits per heavy atom. The van der Waals surface area contributed by atoms with Gasteiger partial charge in [0.05, 0.1) is 4.92 Å². The summed E-state index contributed by atoms with van der Waals surface area (Å²) in [7, 11) is 0. The highest BCUT2D eigenvalue weighted by Gasteiger charge is 2.15. The zero-order valence-electron chi connectivity index (χ0n) is 12.2. The molecule has 0 aromatic heterocycles. The average molecular weight is 288 g/mol. The fourth-order valence-electron chi connectivity index (χ4n) is 2.36. The number of anilines is 1. The van der Waals surface area contributed by atoms with E-state index in [4.69, 9.17) is 0 Å². The Labute approximate surface area is 122 Å². The molecule has 0 unspecified atom stereocenters. The number of benzene rings is 2. The highest BCUT2D eigenvalue weighted by atomic mass is 19.1. The molecule has 0 aliphatic carbocycles. The molecule has 0 fully saturated rings. The van der Waals surface area contributed by atoms with Crippen LogP contribution < -0.4 is 5.32 Å². The SMILES string of the molecule is Cc1cc(CNc2c(C)cccc2[N+](=O)[O-])cc(C)c1F. The van der Waals surface area contributed by atoms with Gasteiger partial charge in [0.15, 0.2) is 0 Å². The summed E-state index contributed by atoms with van der Waals surface area (Å²) >= 11 is 0. The van der Waals surface area contributed by atoms with Gasteiger partial charge in [-0.1, -0.05) is 24.3 Å². The maximum Gasteiger partial charge on any atom is 0.292 e. The minimum atomic E-state index is -0.406. The van der Waals surface area contributed by atoms with Gasteiger partial charge in [-0.15, -0.1) is 0 Å². The van der Waals surface area contributed by atoms with Gasteiger partial charge < -0.3 is 5.32 Å². The summed E-state index contributed by atoms with van der Waals surface area (Å²) in [6.07, 6.45) is 0. The Balaban J connectivity index is 2.27. The van der Waals surface area contributed by atoms with Gasteiger partial charge in [-0.3, -0.25) is 10.1 Å². The Hall–Kier alpha value is -2.43. The number of para-hydroxylation sites is 1. The number of rotatable bonds is 4. The monoisotopic (exact) mass is 288 g/mol. The molecule has 4 nitrogen and oxygen atoms in total. The molecule has 2 aromatic rings. The van der Waals surface area contributed by atoms with Crippen molar-refractivity contribution in [1.29, 1.82) is 0 Å². The first-order chi connectivity index (χ1) is 9.90. The number of nitrogens with one attached hydrogen (secondary N) is 1. The Morgan fingerprint density at radius 3 is 2.33 bits per heavy atom. The van der Waals surface area contributed by atoms with E-state index in [2.05, 4.69) is 5.32 Å². The fraction of sp³-hybridized carbons (Fsp3) is 0.250. The lowest BCUT2D eigenvalue weighted by atomic mass is 10.1. The van der Waals surface area contributed by atoms with Gasteiger partial charge in [0.25, 0.3) is 5.69 Å². The summed E-state index contributed by atoms with van der Waals surface area (Å²) in [5, 5.41) is 14.1. The van der Waals surface area contributed by atoms with Crippen molar-refractivity contribution >= 4 is 11.4 Å². The molecule has 110 valence electrons. The smallest absolute Gasteiger partial charge is 0.292 e. The molecule has 0 aliphatic rings. The minimum absolute atomic E-state index is 0.0468. The highest BCUT2D eigenvalue weighted by Crippen LogP contribution is 2.28.